The number of hydrogen-bond donors (Lipinski definition) is 2. The highest BCUT2D eigenvalue weighted by Gasteiger charge is 2.18. The molecule has 136 valence electrons. The number of benzene rings is 2. The minimum atomic E-state index is -1.07. The summed E-state index contributed by atoms with van der Waals surface area (Å²) in [5.74, 6) is -2.52. The SMILES string of the molecule is C[C@H](OC(=O)CNC(=O)c1cccc(F)c1)C(=O)Nc1ccc(Cl)cc1. The van der Waals surface area contributed by atoms with Crippen molar-refractivity contribution >= 4 is 35.1 Å². The van der Waals surface area contributed by atoms with Crippen molar-refractivity contribution in [1.29, 1.82) is 0 Å². The quantitative estimate of drug-likeness (QED) is 0.757. The summed E-state index contributed by atoms with van der Waals surface area (Å²) in [6, 6.07) is 11.5. The fourth-order valence-corrected chi connectivity index (χ4v) is 2.08. The lowest BCUT2D eigenvalue weighted by Crippen LogP contribution is -2.35. The second-order valence-corrected chi connectivity index (χ2v) is 5.76. The lowest BCUT2D eigenvalue weighted by Gasteiger charge is -2.14. The molecule has 0 saturated carbocycles. The fraction of sp³-hybridized carbons (Fsp3) is 0.167. The van der Waals surface area contributed by atoms with Crippen LogP contribution in [-0.4, -0.2) is 30.4 Å². The molecule has 0 aromatic heterocycles. The molecule has 0 saturated heterocycles. The third-order valence-electron chi connectivity index (χ3n) is 3.27. The number of anilines is 1. The molecule has 2 N–H and O–H groups in total. The van der Waals surface area contributed by atoms with Gasteiger partial charge in [0.2, 0.25) is 0 Å². The summed E-state index contributed by atoms with van der Waals surface area (Å²) in [5.41, 5.74) is 0.577. The van der Waals surface area contributed by atoms with Gasteiger partial charge in [-0.2, -0.15) is 0 Å². The highest BCUT2D eigenvalue weighted by molar-refractivity contribution is 6.30. The molecule has 0 bridgehead atoms. The van der Waals surface area contributed by atoms with Crippen molar-refractivity contribution < 1.29 is 23.5 Å². The van der Waals surface area contributed by atoms with Gasteiger partial charge in [0.15, 0.2) is 6.10 Å². The van der Waals surface area contributed by atoms with Crippen LogP contribution < -0.4 is 10.6 Å². The zero-order valence-electron chi connectivity index (χ0n) is 13.8. The Hall–Kier alpha value is -2.93. The molecule has 0 heterocycles. The van der Waals surface area contributed by atoms with Crippen LogP contribution in [0.1, 0.15) is 17.3 Å². The van der Waals surface area contributed by atoms with Gasteiger partial charge in [0.25, 0.3) is 11.8 Å². The lowest BCUT2D eigenvalue weighted by atomic mass is 10.2. The average Bonchev–Trinajstić information content (AvgIpc) is 2.61. The second kappa shape index (κ2) is 8.96. The van der Waals surface area contributed by atoms with E-state index in [1.54, 1.807) is 24.3 Å². The third-order valence-corrected chi connectivity index (χ3v) is 3.52. The zero-order chi connectivity index (χ0) is 19.1. The van der Waals surface area contributed by atoms with E-state index in [-0.39, 0.29) is 5.56 Å². The molecule has 0 radical (unpaired) electrons. The second-order valence-electron chi connectivity index (χ2n) is 5.32. The first kappa shape index (κ1) is 19.4. The minimum Gasteiger partial charge on any atom is -0.451 e. The smallest absolute Gasteiger partial charge is 0.326 e. The Morgan fingerprint density at radius 1 is 1.15 bits per heavy atom. The van der Waals surface area contributed by atoms with Crippen LogP contribution >= 0.6 is 11.6 Å². The Kier molecular flexibility index (Phi) is 6.68. The highest BCUT2D eigenvalue weighted by Crippen LogP contribution is 2.13. The Morgan fingerprint density at radius 3 is 2.50 bits per heavy atom. The zero-order valence-corrected chi connectivity index (χ0v) is 14.5. The molecule has 0 unspecified atom stereocenters. The predicted octanol–water partition coefficient (Wildman–Crippen LogP) is 2.78. The largest absolute Gasteiger partial charge is 0.451 e. The lowest BCUT2D eigenvalue weighted by molar-refractivity contribution is -0.152. The van der Waals surface area contributed by atoms with Gasteiger partial charge in [-0.3, -0.25) is 14.4 Å². The van der Waals surface area contributed by atoms with Crippen LogP contribution in [0, 0.1) is 5.82 Å². The van der Waals surface area contributed by atoms with Crippen LogP contribution in [0.3, 0.4) is 0 Å². The number of carbonyl (C=O) groups excluding carboxylic acids is 3. The van der Waals surface area contributed by atoms with Crippen LogP contribution in [0.15, 0.2) is 48.5 Å². The van der Waals surface area contributed by atoms with Crippen LogP contribution in [-0.2, 0) is 14.3 Å². The minimum absolute atomic E-state index is 0.0753. The van der Waals surface area contributed by atoms with Gasteiger partial charge < -0.3 is 15.4 Å². The van der Waals surface area contributed by atoms with Gasteiger partial charge in [0.05, 0.1) is 0 Å². The molecular formula is C18H16ClFN2O4. The molecule has 26 heavy (non-hydrogen) atoms. The molecule has 0 aliphatic rings. The van der Waals surface area contributed by atoms with Crippen molar-refractivity contribution in [3.05, 3.63) is 64.9 Å². The molecular weight excluding hydrogens is 363 g/mol. The Morgan fingerprint density at radius 2 is 1.85 bits per heavy atom. The van der Waals surface area contributed by atoms with Gasteiger partial charge in [-0.15, -0.1) is 0 Å². The van der Waals surface area contributed by atoms with Crippen LogP contribution in [0.4, 0.5) is 10.1 Å². The molecule has 8 heteroatoms. The summed E-state index contributed by atoms with van der Waals surface area (Å²) in [4.78, 5) is 35.5. The summed E-state index contributed by atoms with van der Waals surface area (Å²) in [6.45, 7) is 0.950. The Balaban J connectivity index is 1.80. The molecule has 0 spiro atoms. The number of esters is 1. The highest BCUT2D eigenvalue weighted by atomic mass is 35.5. The van der Waals surface area contributed by atoms with Gasteiger partial charge in [0.1, 0.15) is 12.4 Å². The summed E-state index contributed by atoms with van der Waals surface area (Å²) in [5, 5.41) is 5.39. The van der Waals surface area contributed by atoms with E-state index in [9.17, 15) is 18.8 Å². The molecule has 2 rings (SSSR count). The van der Waals surface area contributed by atoms with Gasteiger partial charge in [-0.1, -0.05) is 17.7 Å². The monoisotopic (exact) mass is 378 g/mol. The topological polar surface area (TPSA) is 84.5 Å². The predicted molar refractivity (Wildman–Crippen MR) is 94.4 cm³/mol. The number of halogens is 2. The van der Waals surface area contributed by atoms with E-state index in [0.29, 0.717) is 10.7 Å². The molecule has 2 aromatic carbocycles. The first-order valence-corrected chi connectivity index (χ1v) is 8.02. The first-order valence-electron chi connectivity index (χ1n) is 7.65. The van der Waals surface area contributed by atoms with Gasteiger partial charge in [-0.25, -0.2) is 4.39 Å². The average molecular weight is 379 g/mol. The maximum absolute atomic E-state index is 13.1. The maximum atomic E-state index is 13.1. The van der Waals surface area contributed by atoms with E-state index in [1.807, 2.05) is 0 Å². The van der Waals surface area contributed by atoms with Crippen LogP contribution in [0.5, 0.6) is 0 Å². The third kappa shape index (κ3) is 5.86. The van der Waals surface area contributed by atoms with E-state index in [2.05, 4.69) is 10.6 Å². The molecule has 1 atom stereocenters. The number of rotatable bonds is 6. The summed E-state index contributed by atoms with van der Waals surface area (Å²) < 4.78 is 18.0. The van der Waals surface area contributed by atoms with E-state index in [1.165, 1.54) is 25.1 Å². The standard InChI is InChI=1S/C18H16ClFN2O4/c1-11(17(24)22-15-7-5-13(19)6-8-15)26-16(23)10-21-18(25)12-3-2-4-14(20)9-12/h2-9,11H,10H2,1H3,(H,21,25)(H,22,24)/t11-/m0/s1. The fourth-order valence-electron chi connectivity index (χ4n) is 1.95. The van der Waals surface area contributed by atoms with Crippen molar-refractivity contribution in [2.45, 2.75) is 13.0 Å². The number of nitrogens with one attached hydrogen (secondary N) is 2. The maximum Gasteiger partial charge on any atom is 0.326 e. The van der Waals surface area contributed by atoms with E-state index >= 15 is 0 Å². The van der Waals surface area contributed by atoms with Gasteiger partial charge in [-0.05, 0) is 49.4 Å². The normalized spacial score (nSPS) is 11.3. The Labute approximate surface area is 154 Å². The Bertz CT molecular complexity index is 811. The molecule has 2 amide bonds. The van der Waals surface area contributed by atoms with Crippen molar-refractivity contribution in [3.8, 4) is 0 Å². The number of amides is 2. The van der Waals surface area contributed by atoms with Crippen molar-refractivity contribution in [1.82, 2.24) is 5.32 Å². The summed E-state index contributed by atoms with van der Waals surface area (Å²) in [7, 11) is 0. The molecule has 0 fully saturated rings. The van der Waals surface area contributed by atoms with Crippen LogP contribution in [0.2, 0.25) is 5.02 Å². The van der Waals surface area contributed by atoms with Crippen LogP contribution in [0.25, 0.3) is 0 Å². The van der Waals surface area contributed by atoms with Crippen molar-refractivity contribution in [2.75, 3.05) is 11.9 Å². The van der Waals surface area contributed by atoms with E-state index < -0.39 is 36.2 Å². The molecule has 0 aliphatic heterocycles. The molecule has 6 nitrogen and oxygen atoms in total. The number of ether oxygens (including phenoxy) is 1. The van der Waals surface area contributed by atoms with Crippen molar-refractivity contribution in [2.24, 2.45) is 0 Å². The van der Waals surface area contributed by atoms with E-state index in [4.69, 9.17) is 16.3 Å². The van der Waals surface area contributed by atoms with E-state index in [0.717, 1.165) is 6.07 Å². The number of carbonyl (C=O) groups is 3. The molecule has 0 aliphatic carbocycles. The van der Waals surface area contributed by atoms with Crippen molar-refractivity contribution in [3.63, 3.8) is 0 Å². The summed E-state index contributed by atoms with van der Waals surface area (Å²) in [6.07, 6.45) is -1.07. The number of hydrogen-bond acceptors (Lipinski definition) is 4. The van der Waals surface area contributed by atoms with Gasteiger partial charge >= 0.3 is 5.97 Å². The summed E-state index contributed by atoms with van der Waals surface area (Å²) >= 11 is 5.76. The molecule has 2 aromatic rings. The first-order chi connectivity index (χ1) is 12.3. The van der Waals surface area contributed by atoms with Gasteiger partial charge in [0, 0.05) is 16.3 Å².